The van der Waals surface area contributed by atoms with Crippen molar-refractivity contribution in [2.45, 2.75) is 6.92 Å². The number of hydrazone groups is 1. The molecular weight excluding hydrogens is 331 g/mol. The molecule has 0 fully saturated rings. The molecule has 0 saturated heterocycles. The molecule has 5 heteroatoms. The maximum Gasteiger partial charge on any atom is 0.242 e. The van der Waals surface area contributed by atoms with Crippen LogP contribution in [-0.2, 0) is 4.57 Å². The van der Waals surface area contributed by atoms with Crippen LogP contribution < -0.4 is 15.8 Å². The van der Waals surface area contributed by atoms with Gasteiger partial charge in [0.15, 0.2) is 0 Å². The normalized spacial score (nSPS) is 12.4. The summed E-state index contributed by atoms with van der Waals surface area (Å²) in [5.41, 5.74) is 0.698. The zero-order valence-electron chi connectivity index (χ0n) is 13.9. The van der Waals surface area contributed by atoms with Crippen molar-refractivity contribution in [3.05, 3.63) is 90.9 Å². The first-order chi connectivity index (χ1) is 12.2. The van der Waals surface area contributed by atoms with Crippen LogP contribution in [-0.4, -0.2) is 5.71 Å². The van der Waals surface area contributed by atoms with E-state index in [1.807, 2.05) is 91.9 Å². The zero-order chi connectivity index (χ0) is 17.5. The molecule has 0 saturated carbocycles. The molecule has 0 spiro atoms. The molecule has 1 N–H and O–H groups in total. The topological polar surface area (TPSA) is 54.6 Å². The standard InChI is InChI=1S/C20H19N2O2P/c1-17(14-15-18-9-8-16-24-18)21-22-25(23,19-10-4-2-5-11-19)20-12-6-3-7-13-20/h2-16H,1H3,(H,22,23)/b15-14+,21-17-. The van der Waals surface area contributed by atoms with E-state index in [1.54, 1.807) is 6.26 Å². The molecule has 1 heterocycles. The van der Waals surface area contributed by atoms with E-state index in [0.29, 0.717) is 16.3 Å². The monoisotopic (exact) mass is 350 g/mol. The molecule has 4 nitrogen and oxygen atoms in total. The van der Waals surface area contributed by atoms with Crippen LogP contribution >= 0.6 is 7.29 Å². The maximum absolute atomic E-state index is 13.7. The molecule has 126 valence electrons. The molecule has 1 aromatic heterocycles. The van der Waals surface area contributed by atoms with Crippen molar-refractivity contribution in [3.63, 3.8) is 0 Å². The van der Waals surface area contributed by atoms with Gasteiger partial charge in [-0.2, -0.15) is 5.10 Å². The zero-order valence-corrected chi connectivity index (χ0v) is 14.8. The van der Waals surface area contributed by atoms with Gasteiger partial charge in [0, 0.05) is 10.6 Å². The van der Waals surface area contributed by atoms with E-state index in [0.717, 1.165) is 5.76 Å². The van der Waals surface area contributed by atoms with Crippen LogP contribution in [0.25, 0.3) is 6.08 Å². The second-order valence-electron chi connectivity index (χ2n) is 5.48. The molecule has 0 unspecified atom stereocenters. The Morgan fingerprint density at radius 2 is 1.56 bits per heavy atom. The number of rotatable bonds is 6. The molecule has 0 radical (unpaired) electrons. The van der Waals surface area contributed by atoms with Crippen molar-refractivity contribution in [1.29, 1.82) is 0 Å². The lowest BCUT2D eigenvalue weighted by atomic mass is 10.3. The minimum absolute atomic E-state index is 0.698. The summed E-state index contributed by atoms with van der Waals surface area (Å²) in [6.45, 7) is 1.84. The first-order valence-corrected chi connectivity index (χ1v) is 9.63. The van der Waals surface area contributed by atoms with Gasteiger partial charge in [-0.3, -0.25) is 9.76 Å². The second kappa shape index (κ2) is 7.82. The molecule has 0 atom stereocenters. The summed E-state index contributed by atoms with van der Waals surface area (Å²) in [6, 6.07) is 22.4. The molecule has 25 heavy (non-hydrogen) atoms. The van der Waals surface area contributed by atoms with Crippen molar-refractivity contribution in [3.8, 4) is 0 Å². The third kappa shape index (κ3) is 4.17. The van der Waals surface area contributed by atoms with Gasteiger partial charge >= 0.3 is 0 Å². The first kappa shape index (κ1) is 17.0. The Labute approximate surface area is 147 Å². The molecule has 0 bridgehead atoms. The van der Waals surface area contributed by atoms with Crippen molar-refractivity contribution in [2.24, 2.45) is 5.10 Å². The first-order valence-electron chi connectivity index (χ1n) is 7.93. The molecule has 3 aromatic rings. The predicted octanol–water partition coefficient (Wildman–Crippen LogP) is 4.19. The van der Waals surface area contributed by atoms with Crippen LogP contribution in [0, 0.1) is 0 Å². The highest BCUT2D eigenvalue weighted by Crippen LogP contribution is 2.38. The number of allylic oxidation sites excluding steroid dienone is 1. The van der Waals surface area contributed by atoms with Gasteiger partial charge < -0.3 is 4.42 Å². The fourth-order valence-corrected chi connectivity index (χ4v) is 4.33. The van der Waals surface area contributed by atoms with Crippen LogP contribution in [0.4, 0.5) is 0 Å². The average Bonchev–Trinajstić information content (AvgIpc) is 3.19. The number of hydrogen-bond acceptors (Lipinski definition) is 3. The lowest BCUT2D eigenvalue weighted by Crippen LogP contribution is -2.25. The van der Waals surface area contributed by atoms with Crippen molar-refractivity contribution in [1.82, 2.24) is 5.20 Å². The lowest BCUT2D eigenvalue weighted by Gasteiger charge is -2.18. The Bertz CT molecular complexity index is 858. The molecule has 0 aliphatic carbocycles. The van der Waals surface area contributed by atoms with Gasteiger partial charge in [0.1, 0.15) is 5.76 Å². The number of benzene rings is 2. The van der Waals surface area contributed by atoms with E-state index in [2.05, 4.69) is 10.3 Å². The van der Waals surface area contributed by atoms with E-state index in [4.69, 9.17) is 4.42 Å². The molecule has 2 aromatic carbocycles. The highest BCUT2D eigenvalue weighted by molar-refractivity contribution is 7.76. The number of nitrogens with zero attached hydrogens (tertiary/aromatic N) is 1. The van der Waals surface area contributed by atoms with Gasteiger partial charge in [-0.25, -0.2) is 0 Å². The molecule has 0 aliphatic rings. The third-order valence-corrected chi connectivity index (χ3v) is 6.07. The summed E-state index contributed by atoms with van der Waals surface area (Å²) in [6.07, 6.45) is 5.24. The summed E-state index contributed by atoms with van der Waals surface area (Å²) >= 11 is 0. The number of hydrogen-bond donors (Lipinski definition) is 1. The van der Waals surface area contributed by atoms with Crippen LogP contribution in [0.5, 0.6) is 0 Å². The summed E-state index contributed by atoms with van der Waals surface area (Å²) in [5.74, 6) is 0.740. The van der Waals surface area contributed by atoms with E-state index < -0.39 is 7.29 Å². The Balaban J connectivity index is 1.88. The molecule has 3 rings (SSSR count). The minimum Gasteiger partial charge on any atom is -0.465 e. The predicted molar refractivity (Wildman–Crippen MR) is 104 cm³/mol. The van der Waals surface area contributed by atoms with Gasteiger partial charge in [-0.15, -0.1) is 0 Å². The lowest BCUT2D eigenvalue weighted by molar-refractivity contribution is 0.557. The summed E-state index contributed by atoms with van der Waals surface area (Å²) in [5, 5.41) is 8.67. The number of nitrogens with one attached hydrogen (secondary N) is 1. The fourth-order valence-electron chi connectivity index (χ4n) is 2.32. The van der Waals surface area contributed by atoms with Crippen LogP contribution in [0.3, 0.4) is 0 Å². The van der Waals surface area contributed by atoms with Crippen LogP contribution in [0.2, 0.25) is 0 Å². The highest BCUT2D eigenvalue weighted by atomic mass is 31.2. The van der Waals surface area contributed by atoms with E-state index >= 15 is 0 Å². The highest BCUT2D eigenvalue weighted by Gasteiger charge is 2.26. The van der Waals surface area contributed by atoms with Crippen molar-refractivity contribution in [2.75, 3.05) is 0 Å². The van der Waals surface area contributed by atoms with Gasteiger partial charge in [0.2, 0.25) is 7.29 Å². The van der Waals surface area contributed by atoms with E-state index in [9.17, 15) is 4.57 Å². The van der Waals surface area contributed by atoms with Crippen LogP contribution in [0.1, 0.15) is 12.7 Å². The molecule has 0 aliphatic heterocycles. The number of furan rings is 1. The largest absolute Gasteiger partial charge is 0.465 e. The molecular formula is C20H19N2O2P. The van der Waals surface area contributed by atoms with Gasteiger partial charge in [0.25, 0.3) is 0 Å². The van der Waals surface area contributed by atoms with Gasteiger partial charge in [-0.1, -0.05) is 36.4 Å². The smallest absolute Gasteiger partial charge is 0.242 e. The average molecular weight is 350 g/mol. The second-order valence-corrected chi connectivity index (χ2v) is 7.93. The Kier molecular flexibility index (Phi) is 5.32. The summed E-state index contributed by atoms with van der Waals surface area (Å²) < 4.78 is 18.9. The maximum atomic E-state index is 13.7. The Morgan fingerprint density at radius 1 is 0.960 bits per heavy atom. The fraction of sp³-hybridized carbons (Fsp3) is 0.0500. The van der Waals surface area contributed by atoms with Gasteiger partial charge in [0.05, 0.1) is 12.0 Å². The SMILES string of the molecule is CC(/C=C/c1ccco1)=N/NP(=O)(c1ccccc1)c1ccccc1. The van der Waals surface area contributed by atoms with Crippen LogP contribution in [0.15, 0.2) is 94.7 Å². The van der Waals surface area contributed by atoms with Gasteiger partial charge in [-0.05, 0) is 55.5 Å². The Morgan fingerprint density at radius 3 is 2.08 bits per heavy atom. The summed E-state index contributed by atoms with van der Waals surface area (Å²) in [7, 11) is -3.06. The van der Waals surface area contributed by atoms with E-state index in [-0.39, 0.29) is 0 Å². The Hall–Kier alpha value is -2.84. The van der Waals surface area contributed by atoms with Crippen molar-refractivity contribution < 1.29 is 8.98 Å². The third-order valence-electron chi connectivity index (χ3n) is 3.64. The molecule has 0 amide bonds. The quantitative estimate of drug-likeness (QED) is 0.412. The summed E-state index contributed by atoms with van der Waals surface area (Å²) in [4.78, 5) is 0. The minimum atomic E-state index is -3.06. The van der Waals surface area contributed by atoms with Crippen molar-refractivity contribution >= 4 is 29.7 Å². The van der Waals surface area contributed by atoms with E-state index in [1.165, 1.54) is 0 Å².